The number of likely N-dealkylation sites (tertiary alicyclic amines) is 1. The van der Waals surface area contributed by atoms with Gasteiger partial charge in [-0.2, -0.15) is 0 Å². The second-order valence-electron chi connectivity index (χ2n) is 4.02. The Morgan fingerprint density at radius 3 is 2.69 bits per heavy atom. The lowest BCUT2D eigenvalue weighted by Gasteiger charge is -2.36. The lowest BCUT2D eigenvalue weighted by atomic mass is 10.0. The molecule has 92 valence electrons. The highest BCUT2D eigenvalue weighted by molar-refractivity contribution is 5.83. The molecule has 1 rings (SSSR count). The van der Waals surface area contributed by atoms with Crippen molar-refractivity contribution < 1.29 is 14.3 Å². The van der Waals surface area contributed by atoms with Gasteiger partial charge in [0.15, 0.2) is 0 Å². The fraction of sp³-hybridized carbons (Fsp3) is 0.818. The van der Waals surface area contributed by atoms with E-state index in [1.807, 2.05) is 6.92 Å². The summed E-state index contributed by atoms with van der Waals surface area (Å²) in [4.78, 5) is 26.8. The standard InChI is InChI=1S/C11H20N2O3/c1-4-12(2)11(15)13-8-6-5-7-9(13)10(14)16-3/h9H,4-8H2,1-3H3. The molecular formula is C11H20N2O3. The molecule has 1 aliphatic rings. The van der Waals surface area contributed by atoms with E-state index in [4.69, 9.17) is 4.74 Å². The average molecular weight is 228 g/mol. The molecular weight excluding hydrogens is 208 g/mol. The maximum Gasteiger partial charge on any atom is 0.328 e. The van der Waals surface area contributed by atoms with Crippen LogP contribution >= 0.6 is 0 Å². The molecule has 0 spiro atoms. The van der Waals surface area contributed by atoms with Crippen LogP contribution < -0.4 is 0 Å². The normalized spacial score (nSPS) is 20.4. The molecule has 0 aromatic carbocycles. The Balaban J connectivity index is 2.73. The Kier molecular flexibility index (Phi) is 4.58. The first-order chi connectivity index (χ1) is 7.61. The number of nitrogens with zero attached hydrogens (tertiary/aromatic N) is 2. The van der Waals surface area contributed by atoms with Gasteiger partial charge in [0.2, 0.25) is 0 Å². The number of esters is 1. The van der Waals surface area contributed by atoms with Gasteiger partial charge in [-0.25, -0.2) is 9.59 Å². The van der Waals surface area contributed by atoms with Crippen molar-refractivity contribution in [1.82, 2.24) is 9.80 Å². The molecule has 1 heterocycles. The van der Waals surface area contributed by atoms with E-state index in [-0.39, 0.29) is 12.0 Å². The summed E-state index contributed by atoms with van der Waals surface area (Å²) >= 11 is 0. The number of hydrogen-bond acceptors (Lipinski definition) is 3. The highest BCUT2D eigenvalue weighted by Crippen LogP contribution is 2.19. The highest BCUT2D eigenvalue weighted by Gasteiger charge is 2.33. The second kappa shape index (κ2) is 5.72. The minimum Gasteiger partial charge on any atom is -0.467 e. The molecule has 0 aromatic heterocycles. The Labute approximate surface area is 96.3 Å². The molecule has 0 aromatic rings. The number of hydrogen-bond donors (Lipinski definition) is 0. The topological polar surface area (TPSA) is 49.9 Å². The summed E-state index contributed by atoms with van der Waals surface area (Å²) in [6.07, 6.45) is 2.63. The number of amides is 2. The van der Waals surface area contributed by atoms with Crippen molar-refractivity contribution in [2.24, 2.45) is 0 Å². The smallest absolute Gasteiger partial charge is 0.328 e. The number of piperidine rings is 1. The van der Waals surface area contributed by atoms with Gasteiger partial charge in [0, 0.05) is 20.1 Å². The van der Waals surface area contributed by atoms with Gasteiger partial charge in [-0.1, -0.05) is 0 Å². The van der Waals surface area contributed by atoms with E-state index in [1.54, 1.807) is 16.8 Å². The quantitative estimate of drug-likeness (QED) is 0.665. The maximum absolute atomic E-state index is 12.0. The average Bonchev–Trinajstić information content (AvgIpc) is 2.35. The van der Waals surface area contributed by atoms with Crippen molar-refractivity contribution in [2.45, 2.75) is 32.2 Å². The largest absolute Gasteiger partial charge is 0.467 e. The lowest BCUT2D eigenvalue weighted by Crippen LogP contribution is -2.52. The summed E-state index contributed by atoms with van der Waals surface area (Å²) in [7, 11) is 3.11. The molecule has 1 atom stereocenters. The molecule has 0 N–H and O–H groups in total. The van der Waals surface area contributed by atoms with Crippen molar-refractivity contribution in [2.75, 3.05) is 27.2 Å². The third-order valence-corrected chi connectivity index (χ3v) is 3.02. The first-order valence-corrected chi connectivity index (χ1v) is 5.71. The molecule has 0 bridgehead atoms. The molecule has 16 heavy (non-hydrogen) atoms. The predicted octanol–water partition coefficient (Wildman–Crippen LogP) is 1.09. The minimum atomic E-state index is -0.403. The second-order valence-corrected chi connectivity index (χ2v) is 4.02. The van der Waals surface area contributed by atoms with E-state index in [2.05, 4.69) is 0 Å². The van der Waals surface area contributed by atoms with Crippen molar-refractivity contribution >= 4 is 12.0 Å². The minimum absolute atomic E-state index is 0.0856. The molecule has 1 fully saturated rings. The van der Waals surface area contributed by atoms with E-state index < -0.39 is 6.04 Å². The fourth-order valence-electron chi connectivity index (χ4n) is 1.90. The Morgan fingerprint density at radius 1 is 1.44 bits per heavy atom. The van der Waals surface area contributed by atoms with E-state index in [0.717, 1.165) is 12.8 Å². The van der Waals surface area contributed by atoms with E-state index >= 15 is 0 Å². The van der Waals surface area contributed by atoms with Crippen LogP contribution in [0.1, 0.15) is 26.2 Å². The van der Waals surface area contributed by atoms with Crippen LogP contribution in [-0.4, -0.2) is 55.1 Å². The molecule has 1 saturated heterocycles. The first-order valence-electron chi connectivity index (χ1n) is 5.71. The van der Waals surface area contributed by atoms with Gasteiger partial charge in [0.05, 0.1) is 7.11 Å². The SMILES string of the molecule is CCN(C)C(=O)N1CCCCC1C(=O)OC. The summed E-state index contributed by atoms with van der Waals surface area (Å²) < 4.78 is 4.73. The summed E-state index contributed by atoms with van der Waals surface area (Å²) in [5.74, 6) is -0.308. The fourth-order valence-corrected chi connectivity index (χ4v) is 1.90. The Morgan fingerprint density at radius 2 is 2.12 bits per heavy atom. The van der Waals surface area contributed by atoms with Crippen LogP contribution in [0.3, 0.4) is 0 Å². The van der Waals surface area contributed by atoms with Crippen LogP contribution in [0.15, 0.2) is 0 Å². The van der Waals surface area contributed by atoms with Gasteiger partial charge in [-0.15, -0.1) is 0 Å². The monoisotopic (exact) mass is 228 g/mol. The van der Waals surface area contributed by atoms with E-state index in [1.165, 1.54) is 7.11 Å². The molecule has 1 aliphatic heterocycles. The number of carbonyl (C=O) groups excluding carboxylic acids is 2. The Bertz CT molecular complexity index is 268. The number of rotatable bonds is 2. The van der Waals surface area contributed by atoms with Gasteiger partial charge >= 0.3 is 12.0 Å². The third-order valence-electron chi connectivity index (χ3n) is 3.02. The van der Waals surface area contributed by atoms with Gasteiger partial charge < -0.3 is 14.5 Å². The van der Waals surface area contributed by atoms with Crippen molar-refractivity contribution in [1.29, 1.82) is 0 Å². The molecule has 5 nitrogen and oxygen atoms in total. The molecule has 1 unspecified atom stereocenters. The number of methoxy groups -OCH3 is 1. The predicted molar refractivity (Wildman–Crippen MR) is 60.1 cm³/mol. The molecule has 5 heteroatoms. The van der Waals surface area contributed by atoms with Gasteiger partial charge in [0.25, 0.3) is 0 Å². The number of ether oxygens (including phenoxy) is 1. The zero-order valence-corrected chi connectivity index (χ0v) is 10.2. The number of urea groups is 1. The zero-order chi connectivity index (χ0) is 12.1. The van der Waals surface area contributed by atoms with Crippen molar-refractivity contribution in [3.63, 3.8) is 0 Å². The molecule has 2 amide bonds. The lowest BCUT2D eigenvalue weighted by molar-refractivity contribution is -0.147. The molecule has 0 radical (unpaired) electrons. The maximum atomic E-state index is 12.0. The van der Waals surface area contributed by atoms with Crippen LogP contribution in [0.5, 0.6) is 0 Å². The van der Waals surface area contributed by atoms with Gasteiger partial charge in [-0.05, 0) is 26.2 Å². The summed E-state index contributed by atoms with van der Waals surface area (Å²) in [6, 6.07) is -0.488. The van der Waals surface area contributed by atoms with Crippen LogP contribution in [0.25, 0.3) is 0 Å². The summed E-state index contributed by atoms with van der Waals surface area (Å²) in [5, 5.41) is 0. The van der Waals surface area contributed by atoms with Crippen LogP contribution in [0.2, 0.25) is 0 Å². The van der Waals surface area contributed by atoms with Gasteiger partial charge in [-0.3, -0.25) is 0 Å². The molecule has 0 saturated carbocycles. The van der Waals surface area contributed by atoms with Crippen LogP contribution in [-0.2, 0) is 9.53 Å². The summed E-state index contributed by atoms with van der Waals surface area (Å²) in [6.45, 7) is 3.20. The van der Waals surface area contributed by atoms with Crippen LogP contribution in [0, 0.1) is 0 Å². The van der Waals surface area contributed by atoms with E-state index in [9.17, 15) is 9.59 Å². The number of carbonyl (C=O) groups is 2. The summed E-state index contributed by atoms with van der Waals surface area (Å²) in [5.41, 5.74) is 0. The van der Waals surface area contributed by atoms with Crippen molar-refractivity contribution in [3.8, 4) is 0 Å². The zero-order valence-electron chi connectivity index (χ0n) is 10.2. The van der Waals surface area contributed by atoms with Crippen LogP contribution in [0.4, 0.5) is 4.79 Å². The Hall–Kier alpha value is -1.26. The van der Waals surface area contributed by atoms with E-state index in [0.29, 0.717) is 19.5 Å². The van der Waals surface area contributed by atoms with Crippen molar-refractivity contribution in [3.05, 3.63) is 0 Å². The highest BCUT2D eigenvalue weighted by atomic mass is 16.5. The molecule has 0 aliphatic carbocycles. The first kappa shape index (κ1) is 12.8. The third kappa shape index (κ3) is 2.65. The van der Waals surface area contributed by atoms with Gasteiger partial charge in [0.1, 0.15) is 6.04 Å².